The summed E-state index contributed by atoms with van der Waals surface area (Å²) in [6.45, 7) is 2.60. The maximum atomic E-state index is 9.89. The topological polar surface area (TPSA) is 114 Å². The van der Waals surface area contributed by atoms with E-state index < -0.39 is 0 Å². The molecule has 31 heavy (non-hydrogen) atoms. The average Bonchev–Trinajstić information content (AvgIpc) is 3.11. The molecule has 0 spiro atoms. The molecule has 154 valence electrons. The molecule has 0 amide bonds. The van der Waals surface area contributed by atoms with Gasteiger partial charge in [0.05, 0.1) is 22.7 Å². The molecule has 3 aromatic heterocycles. The van der Waals surface area contributed by atoms with Crippen molar-refractivity contribution in [1.82, 2.24) is 19.5 Å². The highest BCUT2D eigenvalue weighted by Gasteiger charge is 2.21. The number of benzene rings is 1. The van der Waals surface area contributed by atoms with Crippen molar-refractivity contribution in [2.75, 3.05) is 12.3 Å². The number of anilines is 1. The fourth-order valence-corrected chi connectivity index (χ4v) is 3.68. The molecular weight excluding hydrogens is 388 g/mol. The van der Waals surface area contributed by atoms with E-state index in [-0.39, 0.29) is 6.61 Å². The first-order valence-electron chi connectivity index (χ1n) is 9.96. The largest absolute Gasteiger partial charge is 0.396 e. The van der Waals surface area contributed by atoms with E-state index in [1.807, 2.05) is 41.8 Å². The van der Waals surface area contributed by atoms with Crippen LogP contribution in [0.25, 0.3) is 33.8 Å². The molecule has 1 aromatic carbocycles. The second-order valence-corrected chi connectivity index (χ2v) is 7.22. The quantitative estimate of drug-likeness (QED) is 0.467. The number of hydrogen-bond acceptors (Lipinski definition) is 6. The molecule has 0 fully saturated rings. The van der Waals surface area contributed by atoms with E-state index in [9.17, 15) is 10.4 Å². The summed E-state index contributed by atoms with van der Waals surface area (Å²) in [7, 11) is 0. The number of allylic oxidation sites excluding steroid dienone is 1. The summed E-state index contributed by atoms with van der Waals surface area (Å²) in [6.07, 6.45) is 7.15. The molecular formula is C24H22N6O. The Kier molecular flexibility index (Phi) is 5.74. The van der Waals surface area contributed by atoms with E-state index in [0.717, 1.165) is 33.3 Å². The van der Waals surface area contributed by atoms with E-state index in [2.05, 4.69) is 21.0 Å². The lowest BCUT2D eigenvalue weighted by atomic mass is 9.99. The van der Waals surface area contributed by atoms with Gasteiger partial charge in [0, 0.05) is 31.1 Å². The molecule has 3 N–H and O–H groups in total. The highest BCUT2D eigenvalue weighted by Crippen LogP contribution is 2.38. The van der Waals surface area contributed by atoms with E-state index >= 15 is 0 Å². The van der Waals surface area contributed by atoms with Crippen LogP contribution in [-0.2, 0) is 6.54 Å². The van der Waals surface area contributed by atoms with Crippen molar-refractivity contribution in [2.24, 2.45) is 0 Å². The van der Waals surface area contributed by atoms with Crippen molar-refractivity contribution in [3.63, 3.8) is 0 Å². The number of nitrogens with two attached hydrogens (primary N) is 1. The van der Waals surface area contributed by atoms with Gasteiger partial charge in [-0.05, 0) is 42.7 Å². The van der Waals surface area contributed by atoms with Gasteiger partial charge in [-0.15, -0.1) is 0 Å². The number of nitrogen functional groups attached to an aromatic ring is 1. The highest BCUT2D eigenvalue weighted by atomic mass is 16.3. The summed E-state index contributed by atoms with van der Waals surface area (Å²) in [4.78, 5) is 12.7. The molecule has 0 atom stereocenters. The lowest BCUT2D eigenvalue weighted by Crippen LogP contribution is -2.04. The van der Waals surface area contributed by atoms with Crippen molar-refractivity contribution in [1.29, 1.82) is 5.26 Å². The van der Waals surface area contributed by atoms with Crippen LogP contribution in [0, 0.1) is 18.3 Å². The van der Waals surface area contributed by atoms with Gasteiger partial charge in [0.1, 0.15) is 17.8 Å². The Morgan fingerprint density at radius 1 is 1.16 bits per heavy atom. The van der Waals surface area contributed by atoms with Crippen LogP contribution in [0.2, 0.25) is 0 Å². The summed E-state index contributed by atoms with van der Waals surface area (Å²) in [5.74, 6) is 0.375. The Morgan fingerprint density at radius 3 is 2.58 bits per heavy atom. The predicted octanol–water partition coefficient (Wildman–Crippen LogP) is 3.83. The van der Waals surface area contributed by atoms with Crippen LogP contribution in [0.1, 0.15) is 23.2 Å². The van der Waals surface area contributed by atoms with Crippen LogP contribution in [0.3, 0.4) is 0 Å². The van der Waals surface area contributed by atoms with Crippen molar-refractivity contribution < 1.29 is 5.11 Å². The first-order valence-corrected chi connectivity index (χ1v) is 9.96. The van der Waals surface area contributed by atoms with E-state index in [0.29, 0.717) is 30.0 Å². The van der Waals surface area contributed by atoms with Gasteiger partial charge in [-0.3, -0.25) is 4.98 Å². The zero-order valence-corrected chi connectivity index (χ0v) is 17.2. The zero-order valence-electron chi connectivity index (χ0n) is 17.2. The van der Waals surface area contributed by atoms with Gasteiger partial charge >= 0.3 is 0 Å². The van der Waals surface area contributed by atoms with E-state index in [4.69, 9.17) is 5.73 Å². The number of aliphatic hydroxyl groups is 1. The maximum absolute atomic E-state index is 9.89. The van der Waals surface area contributed by atoms with Crippen LogP contribution in [0.4, 0.5) is 5.82 Å². The highest BCUT2D eigenvalue weighted by molar-refractivity contribution is 6.06. The molecule has 0 unspecified atom stereocenters. The Labute approximate surface area is 180 Å². The lowest BCUT2D eigenvalue weighted by molar-refractivity contribution is 0.280. The molecule has 0 aliphatic carbocycles. The SMILES string of the molecule is Cc1ccc(-c2c(/C=C(\C#N)c3ccncc3)n(CCCO)c3ncnc(N)c23)cc1. The normalized spacial score (nSPS) is 11.6. The Morgan fingerprint density at radius 2 is 1.90 bits per heavy atom. The minimum absolute atomic E-state index is 0.0404. The molecule has 0 bridgehead atoms. The second kappa shape index (κ2) is 8.78. The Hall–Kier alpha value is -4.02. The van der Waals surface area contributed by atoms with Gasteiger partial charge in [-0.2, -0.15) is 5.26 Å². The maximum Gasteiger partial charge on any atom is 0.146 e. The monoisotopic (exact) mass is 410 g/mol. The molecule has 0 saturated heterocycles. The van der Waals surface area contributed by atoms with E-state index in [1.54, 1.807) is 24.5 Å². The van der Waals surface area contributed by atoms with Crippen LogP contribution >= 0.6 is 0 Å². The molecule has 4 rings (SSSR count). The number of rotatable bonds is 6. The van der Waals surface area contributed by atoms with E-state index in [1.165, 1.54) is 6.33 Å². The summed E-state index contributed by atoms with van der Waals surface area (Å²) in [6, 6.07) is 14.0. The summed E-state index contributed by atoms with van der Waals surface area (Å²) in [5.41, 5.74) is 12.0. The molecule has 7 nitrogen and oxygen atoms in total. The minimum atomic E-state index is 0.0404. The molecule has 0 aliphatic rings. The molecule has 0 aliphatic heterocycles. The summed E-state index contributed by atoms with van der Waals surface area (Å²) < 4.78 is 2.00. The number of pyridine rings is 1. The van der Waals surface area contributed by atoms with Crippen LogP contribution in [0.15, 0.2) is 55.1 Å². The van der Waals surface area contributed by atoms with Gasteiger partial charge in [0.15, 0.2) is 0 Å². The van der Waals surface area contributed by atoms with Crippen molar-refractivity contribution in [3.05, 3.63) is 71.9 Å². The first-order chi connectivity index (χ1) is 15.1. The number of aryl methyl sites for hydroxylation is 2. The third-order valence-electron chi connectivity index (χ3n) is 5.18. The van der Waals surface area contributed by atoms with Gasteiger partial charge in [-0.1, -0.05) is 29.8 Å². The fraction of sp³-hybridized carbons (Fsp3) is 0.167. The van der Waals surface area contributed by atoms with Crippen LogP contribution in [0.5, 0.6) is 0 Å². The number of nitriles is 1. The van der Waals surface area contributed by atoms with Crippen molar-refractivity contribution in [2.45, 2.75) is 19.9 Å². The fourth-order valence-electron chi connectivity index (χ4n) is 3.68. The molecule has 0 saturated carbocycles. The molecule has 0 radical (unpaired) electrons. The zero-order chi connectivity index (χ0) is 21.8. The summed E-state index contributed by atoms with van der Waals surface area (Å²) >= 11 is 0. The molecule has 3 heterocycles. The van der Waals surface area contributed by atoms with Gasteiger partial charge in [0.25, 0.3) is 0 Å². The Bertz CT molecular complexity index is 1280. The van der Waals surface area contributed by atoms with Crippen LogP contribution in [-0.4, -0.2) is 31.2 Å². The standard InChI is InChI=1S/C24H22N6O/c1-16-3-5-18(6-4-16)21-20(13-19(14-25)17-7-9-27-10-8-17)30(11-2-12-31)24-22(21)23(26)28-15-29-24/h3-10,13,15,31H,2,11-12H2,1H3,(H2,26,28,29)/b19-13+. The molecule has 7 heteroatoms. The van der Waals surface area contributed by atoms with Crippen molar-refractivity contribution in [3.8, 4) is 17.2 Å². The first kappa shape index (κ1) is 20.3. The number of aliphatic hydroxyl groups excluding tert-OH is 1. The molecule has 4 aromatic rings. The number of fused-ring (bicyclic) bond motifs is 1. The average molecular weight is 410 g/mol. The number of aromatic nitrogens is 4. The number of nitrogens with zero attached hydrogens (tertiary/aromatic N) is 5. The minimum Gasteiger partial charge on any atom is -0.396 e. The van der Waals surface area contributed by atoms with Crippen LogP contribution < -0.4 is 5.73 Å². The number of hydrogen-bond donors (Lipinski definition) is 2. The third-order valence-corrected chi connectivity index (χ3v) is 5.18. The lowest BCUT2D eigenvalue weighted by Gasteiger charge is -2.10. The predicted molar refractivity (Wildman–Crippen MR) is 122 cm³/mol. The van der Waals surface area contributed by atoms with Gasteiger partial charge in [0.2, 0.25) is 0 Å². The summed E-state index contributed by atoms with van der Waals surface area (Å²) in [5, 5.41) is 20.1. The smallest absolute Gasteiger partial charge is 0.146 e. The van der Waals surface area contributed by atoms with Gasteiger partial charge < -0.3 is 15.4 Å². The second-order valence-electron chi connectivity index (χ2n) is 7.22. The third kappa shape index (κ3) is 3.89. The Balaban J connectivity index is 2.07. The van der Waals surface area contributed by atoms with Crippen molar-refractivity contribution >= 4 is 28.5 Å². The van der Waals surface area contributed by atoms with Gasteiger partial charge in [-0.25, -0.2) is 9.97 Å².